The van der Waals surface area contributed by atoms with Crippen molar-refractivity contribution in [2.24, 2.45) is 10.1 Å². The molecule has 120 valence electrons. The third-order valence-corrected chi connectivity index (χ3v) is 4.55. The van der Waals surface area contributed by atoms with Gasteiger partial charge in [-0.2, -0.15) is 5.10 Å². The average Bonchev–Trinajstić information content (AvgIpc) is 2.57. The summed E-state index contributed by atoms with van der Waals surface area (Å²) < 4.78 is 0. The molecule has 0 amide bonds. The number of aldehydes is 1. The summed E-state index contributed by atoms with van der Waals surface area (Å²) >= 11 is 0. The Bertz CT molecular complexity index is 692. The van der Waals surface area contributed by atoms with E-state index in [0.717, 1.165) is 60.7 Å². The largest absolute Gasteiger partial charge is 0.393 e. The van der Waals surface area contributed by atoms with Crippen molar-refractivity contribution in [1.82, 2.24) is 15.6 Å². The van der Waals surface area contributed by atoms with Gasteiger partial charge in [-0.1, -0.05) is 12.1 Å². The predicted octanol–water partition coefficient (Wildman–Crippen LogP) is 0.281. The van der Waals surface area contributed by atoms with Crippen molar-refractivity contribution in [1.29, 1.82) is 0 Å². The molecular formula is C16H19N5O2. The van der Waals surface area contributed by atoms with E-state index < -0.39 is 6.04 Å². The zero-order valence-corrected chi connectivity index (χ0v) is 12.7. The zero-order valence-electron chi connectivity index (χ0n) is 12.7. The molecule has 1 saturated heterocycles. The molecule has 1 atom stereocenters. The molecule has 3 N–H and O–H groups in total. The molecule has 0 saturated carbocycles. The summed E-state index contributed by atoms with van der Waals surface area (Å²) in [6.07, 6.45) is 2.28. The van der Waals surface area contributed by atoms with Crippen molar-refractivity contribution in [2.45, 2.75) is 25.0 Å². The maximum Gasteiger partial charge on any atom is 0.161 e. The summed E-state index contributed by atoms with van der Waals surface area (Å²) in [6.45, 7) is 2.44. The van der Waals surface area contributed by atoms with E-state index in [0.29, 0.717) is 6.54 Å². The van der Waals surface area contributed by atoms with E-state index in [2.05, 4.69) is 20.7 Å². The second kappa shape index (κ2) is 5.75. The van der Waals surface area contributed by atoms with Crippen LogP contribution < -0.4 is 10.7 Å². The highest BCUT2D eigenvalue weighted by molar-refractivity contribution is 6.17. The molecule has 3 heterocycles. The lowest BCUT2D eigenvalue weighted by atomic mass is 9.96. The average molecular weight is 313 g/mol. The molecule has 7 nitrogen and oxygen atoms in total. The number of hydrogen-bond donors (Lipinski definition) is 3. The molecule has 3 aliphatic rings. The van der Waals surface area contributed by atoms with Crippen LogP contribution in [0.25, 0.3) is 0 Å². The lowest BCUT2D eigenvalue weighted by Crippen LogP contribution is -2.47. The van der Waals surface area contributed by atoms with Crippen LogP contribution in [0.4, 0.5) is 5.69 Å². The van der Waals surface area contributed by atoms with E-state index in [1.807, 2.05) is 18.2 Å². The first kappa shape index (κ1) is 14.3. The number of rotatable bonds is 3. The Kier molecular flexibility index (Phi) is 3.59. The summed E-state index contributed by atoms with van der Waals surface area (Å²) in [6, 6.07) is 5.37. The first-order valence-electron chi connectivity index (χ1n) is 7.91. The van der Waals surface area contributed by atoms with Crippen LogP contribution in [0.3, 0.4) is 0 Å². The van der Waals surface area contributed by atoms with E-state index >= 15 is 0 Å². The Morgan fingerprint density at radius 3 is 2.96 bits per heavy atom. The van der Waals surface area contributed by atoms with E-state index in [1.54, 1.807) is 0 Å². The molecule has 1 unspecified atom stereocenters. The molecule has 7 heteroatoms. The first-order chi connectivity index (χ1) is 11.2. The van der Waals surface area contributed by atoms with Crippen molar-refractivity contribution in [2.75, 3.05) is 19.6 Å². The Morgan fingerprint density at radius 1 is 1.35 bits per heavy atom. The van der Waals surface area contributed by atoms with Crippen LogP contribution in [0, 0.1) is 0 Å². The van der Waals surface area contributed by atoms with Crippen LogP contribution >= 0.6 is 0 Å². The number of aliphatic hydroxyl groups is 1. The number of aliphatic hydroxyl groups excluding tert-OH is 1. The maximum atomic E-state index is 11.2. The van der Waals surface area contributed by atoms with Gasteiger partial charge in [-0.3, -0.25) is 10.3 Å². The van der Waals surface area contributed by atoms with Crippen LogP contribution in [-0.2, 0) is 4.79 Å². The minimum atomic E-state index is -0.421. The number of carbonyl (C=O) groups excluding carboxylic acids is 1. The van der Waals surface area contributed by atoms with Crippen molar-refractivity contribution >= 4 is 23.6 Å². The maximum absolute atomic E-state index is 11.2. The number of aliphatic imine (C=N–C) groups is 1. The van der Waals surface area contributed by atoms with Crippen molar-refractivity contribution in [3.8, 4) is 0 Å². The lowest BCUT2D eigenvalue weighted by Gasteiger charge is -2.32. The quantitative estimate of drug-likeness (QED) is 0.698. The van der Waals surface area contributed by atoms with E-state index in [9.17, 15) is 9.90 Å². The fourth-order valence-corrected chi connectivity index (χ4v) is 3.30. The summed E-state index contributed by atoms with van der Waals surface area (Å²) in [5.41, 5.74) is 5.53. The van der Waals surface area contributed by atoms with Gasteiger partial charge in [-0.25, -0.2) is 4.99 Å². The minimum absolute atomic E-state index is 0.178. The molecule has 0 bridgehead atoms. The highest BCUT2D eigenvalue weighted by Gasteiger charge is 2.29. The van der Waals surface area contributed by atoms with Gasteiger partial charge in [-0.15, -0.1) is 0 Å². The van der Waals surface area contributed by atoms with Gasteiger partial charge in [0.25, 0.3) is 0 Å². The molecule has 3 aliphatic heterocycles. The first-order valence-corrected chi connectivity index (χ1v) is 7.91. The van der Waals surface area contributed by atoms with Gasteiger partial charge in [0, 0.05) is 13.1 Å². The predicted molar refractivity (Wildman–Crippen MR) is 86.8 cm³/mol. The molecule has 0 spiro atoms. The Labute approximate surface area is 134 Å². The number of carbonyl (C=O) groups is 1. The third-order valence-electron chi connectivity index (χ3n) is 4.55. The molecular weight excluding hydrogens is 294 g/mol. The van der Waals surface area contributed by atoms with Crippen molar-refractivity contribution in [3.63, 3.8) is 0 Å². The number of piperidine rings is 1. The number of likely N-dealkylation sites (tertiary alicyclic amines) is 1. The van der Waals surface area contributed by atoms with Gasteiger partial charge in [0.2, 0.25) is 0 Å². The Hall–Kier alpha value is -2.25. The van der Waals surface area contributed by atoms with Gasteiger partial charge in [-0.05, 0) is 24.5 Å². The Balaban J connectivity index is 1.61. The van der Waals surface area contributed by atoms with Gasteiger partial charge < -0.3 is 15.2 Å². The van der Waals surface area contributed by atoms with Gasteiger partial charge in [0.05, 0.1) is 23.9 Å². The highest BCUT2D eigenvalue weighted by Crippen LogP contribution is 2.31. The number of hydrazone groups is 1. The second-order valence-electron chi connectivity index (χ2n) is 6.14. The molecule has 1 aromatic rings. The van der Waals surface area contributed by atoms with Crippen LogP contribution in [0.5, 0.6) is 0 Å². The molecule has 1 aromatic carbocycles. The zero-order chi connectivity index (χ0) is 15.8. The Morgan fingerprint density at radius 2 is 2.17 bits per heavy atom. The fraction of sp³-hybridized carbons (Fsp3) is 0.438. The number of hydrogen-bond acceptors (Lipinski definition) is 7. The van der Waals surface area contributed by atoms with Crippen molar-refractivity contribution in [3.05, 3.63) is 29.3 Å². The molecule has 23 heavy (non-hydrogen) atoms. The van der Waals surface area contributed by atoms with Crippen molar-refractivity contribution < 1.29 is 9.90 Å². The van der Waals surface area contributed by atoms with Gasteiger partial charge in [0.1, 0.15) is 18.2 Å². The number of amidine groups is 2. The van der Waals surface area contributed by atoms with Crippen LogP contribution in [0.15, 0.2) is 28.3 Å². The molecule has 0 radical (unpaired) electrons. The smallest absolute Gasteiger partial charge is 0.161 e. The van der Waals surface area contributed by atoms with Gasteiger partial charge >= 0.3 is 0 Å². The second-order valence-corrected chi connectivity index (χ2v) is 6.14. The number of nitrogens with one attached hydrogen (secondary N) is 2. The normalized spacial score (nSPS) is 24.0. The fourth-order valence-electron chi connectivity index (χ4n) is 3.30. The van der Waals surface area contributed by atoms with Crippen LogP contribution in [-0.4, -0.2) is 53.7 Å². The molecule has 0 aromatic heterocycles. The molecule has 1 fully saturated rings. The van der Waals surface area contributed by atoms with E-state index in [1.165, 1.54) is 0 Å². The lowest BCUT2D eigenvalue weighted by molar-refractivity contribution is -0.109. The molecule has 4 rings (SSSR count). The summed E-state index contributed by atoms with van der Waals surface area (Å²) in [4.78, 5) is 18.2. The standard InChI is InChI=1S/C16H19N5O2/c22-9-13-11-2-1-3-12-15(11)16(20-19-13)18-14(17-12)8-21-6-4-10(23)5-7-21/h1-3,9-10,13,19,23H,4-8H2,(H,17,18,20). The SMILES string of the molecule is O=CC1NN=C2NC(CN3CCC(O)CC3)=Nc3cccc1c32. The van der Waals surface area contributed by atoms with E-state index in [-0.39, 0.29) is 6.10 Å². The number of benzene rings is 1. The molecule has 0 aliphatic carbocycles. The summed E-state index contributed by atoms with van der Waals surface area (Å²) in [7, 11) is 0. The summed E-state index contributed by atoms with van der Waals surface area (Å²) in [5, 5.41) is 17.2. The minimum Gasteiger partial charge on any atom is -0.393 e. The van der Waals surface area contributed by atoms with Crippen LogP contribution in [0.1, 0.15) is 30.0 Å². The number of nitrogens with zero attached hydrogens (tertiary/aromatic N) is 3. The van der Waals surface area contributed by atoms with E-state index in [4.69, 9.17) is 4.99 Å². The van der Waals surface area contributed by atoms with Gasteiger partial charge in [0.15, 0.2) is 5.84 Å². The monoisotopic (exact) mass is 313 g/mol. The summed E-state index contributed by atoms with van der Waals surface area (Å²) in [5.74, 6) is 1.56. The van der Waals surface area contributed by atoms with Crippen LogP contribution in [0.2, 0.25) is 0 Å². The topological polar surface area (TPSA) is 89.3 Å². The highest BCUT2D eigenvalue weighted by atomic mass is 16.3. The third kappa shape index (κ3) is 2.62.